The number of benzene rings is 7. The molecule has 8 aromatic rings. The van der Waals surface area contributed by atoms with Crippen LogP contribution in [0.1, 0.15) is 47.2 Å². The molecule has 0 saturated carbocycles. The summed E-state index contributed by atoms with van der Waals surface area (Å²) in [6, 6.07) is 61.3. The molecule has 2 aliphatic carbocycles. The smallest absolute Gasteiger partial charge is 0.0735 e. The first kappa shape index (κ1) is 29.4. The molecular formula is C48H33NS2. The van der Waals surface area contributed by atoms with Crippen molar-refractivity contribution in [2.24, 2.45) is 0 Å². The van der Waals surface area contributed by atoms with E-state index in [0.29, 0.717) is 0 Å². The van der Waals surface area contributed by atoms with Crippen molar-refractivity contribution >= 4 is 50.2 Å². The molecule has 51 heavy (non-hydrogen) atoms. The number of hydrogen-bond acceptors (Lipinski definition) is 3. The van der Waals surface area contributed by atoms with E-state index in [2.05, 4.69) is 183 Å². The van der Waals surface area contributed by atoms with Gasteiger partial charge in [0.1, 0.15) is 0 Å². The molecule has 0 radical (unpaired) electrons. The number of anilines is 3. The van der Waals surface area contributed by atoms with Crippen molar-refractivity contribution in [3.63, 3.8) is 0 Å². The molecule has 7 aromatic carbocycles. The molecule has 0 unspecified atom stereocenters. The molecule has 1 spiro atoms. The molecule has 3 aliphatic rings. The van der Waals surface area contributed by atoms with Crippen LogP contribution < -0.4 is 4.90 Å². The summed E-state index contributed by atoms with van der Waals surface area (Å²) in [4.78, 5) is 6.47. The standard InChI is InChI=1S/C48H33NS2/c1-47(2)37-26-24-31(28-36(37)46-45(47)35-18-8-12-22-42(35)51-46)49(30-14-4-3-5-15-30)32-25-27-41-44(29-32)50-43-23-13-11-21-40(43)48(41)38-19-9-6-16-33(38)34-17-7-10-20-39(34)48/h3-29H,1-2H3. The van der Waals surface area contributed by atoms with E-state index in [1.54, 1.807) is 0 Å². The molecule has 0 N–H and O–H groups in total. The van der Waals surface area contributed by atoms with E-state index in [1.807, 2.05) is 23.1 Å². The minimum atomic E-state index is -0.378. The Balaban J connectivity index is 1.13. The Morgan fingerprint density at radius 1 is 0.451 bits per heavy atom. The highest BCUT2D eigenvalue weighted by molar-refractivity contribution is 7.99. The number of thiophene rings is 1. The largest absolute Gasteiger partial charge is 0.310 e. The van der Waals surface area contributed by atoms with E-state index >= 15 is 0 Å². The summed E-state index contributed by atoms with van der Waals surface area (Å²) in [6.07, 6.45) is 0. The van der Waals surface area contributed by atoms with Crippen LogP contribution in [0.2, 0.25) is 0 Å². The van der Waals surface area contributed by atoms with Gasteiger partial charge in [0.2, 0.25) is 0 Å². The minimum absolute atomic E-state index is 0.0571. The lowest BCUT2D eigenvalue weighted by atomic mass is 9.67. The van der Waals surface area contributed by atoms with E-state index in [4.69, 9.17) is 0 Å². The second-order valence-electron chi connectivity index (χ2n) is 14.4. The van der Waals surface area contributed by atoms with Gasteiger partial charge in [0.25, 0.3) is 0 Å². The van der Waals surface area contributed by atoms with Crippen LogP contribution in [-0.2, 0) is 10.8 Å². The minimum Gasteiger partial charge on any atom is -0.310 e. The SMILES string of the molecule is CC1(C)c2ccc(N(c3ccccc3)c3ccc4c(c3)Sc3ccccc3C43c4ccccc4-c4ccccc43)cc2-c2sc3ccccc3c21. The van der Waals surface area contributed by atoms with Crippen molar-refractivity contribution < 1.29 is 0 Å². The van der Waals surface area contributed by atoms with Gasteiger partial charge in [0.15, 0.2) is 0 Å². The zero-order chi connectivity index (χ0) is 33.9. The van der Waals surface area contributed by atoms with Gasteiger partial charge < -0.3 is 4.90 Å². The third-order valence-corrected chi connectivity index (χ3v) is 13.8. The van der Waals surface area contributed by atoms with Gasteiger partial charge in [0, 0.05) is 41.8 Å². The fourth-order valence-electron chi connectivity index (χ4n) is 9.41. The zero-order valence-corrected chi connectivity index (χ0v) is 30.0. The van der Waals surface area contributed by atoms with Crippen molar-refractivity contribution in [2.45, 2.75) is 34.5 Å². The first-order chi connectivity index (χ1) is 25.0. The molecule has 1 aliphatic heterocycles. The molecule has 0 atom stereocenters. The normalized spacial score (nSPS) is 15.1. The van der Waals surface area contributed by atoms with Crippen LogP contribution in [0.15, 0.2) is 174 Å². The van der Waals surface area contributed by atoms with Crippen molar-refractivity contribution in [2.75, 3.05) is 4.90 Å². The van der Waals surface area contributed by atoms with Gasteiger partial charge in [-0.1, -0.05) is 141 Å². The van der Waals surface area contributed by atoms with Crippen molar-refractivity contribution in [3.8, 4) is 21.6 Å². The summed E-state index contributed by atoms with van der Waals surface area (Å²) >= 11 is 3.84. The predicted octanol–water partition coefficient (Wildman–Crippen LogP) is 13.5. The first-order valence-corrected chi connectivity index (χ1v) is 19.3. The van der Waals surface area contributed by atoms with Crippen molar-refractivity contribution in [1.82, 2.24) is 0 Å². The summed E-state index contributed by atoms with van der Waals surface area (Å²) < 4.78 is 1.36. The monoisotopic (exact) mass is 687 g/mol. The van der Waals surface area contributed by atoms with Gasteiger partial charge in [-0.05, 0) is 104 Å². The summed E-state index contributed by atoms with van der Waals surface area (Å²) in [5, 5.41) is 1.39. The second-order valence-corrected chi connectivity index (χ2v) is 16.6. The second kappa shape index (κ2) is 10.6. The Kier molecular flexibility index (Phi) is 6.10. The summed E-state index contributed by atoms with van der Waals surface area (Å²) in [7, 11) is 0. The average molecular weight is 688 g/mol. The predicted molar refractivity (Wildman–Crippen MR) is 215 cm³/mol. The van der Waals surface area contributed by atoms with Gasteiger partial charge in [-0.15, -0.1) is 11.3 Å². The third-order valence-electron chi connectivity index (χ3n) is 11.5. The van der Waals surface area contributed by atoms with E-state index in [1.165, 1.54) is 80.5 Å². The topological polar surface area (TPSA) is 3.24 Å². The van der Waals surface area contributed by atoms with E-state index in [-0.39, 0.29) is 10.8 Å². The van der Waals surface area contributed by atoms with Crippen LogP contribution >= 0.6 is 23.1 Å². The molecule has 0 bridgehead atoms. The highest BCUT2D eigenvalue weighted by Crippen LogP contribution is 2.63. The first-order valence-electron chi connectivity index (χ1n) is 17.7. The van der Waals surface area contributed by atoms with Crippen LogP contribution in [-0.4, -0.2) is 0 Å². The van der Waals surface area contributed by atoms with Crippen molar-refractivity contribution in [1.29, 1.82) is 0 Å². The lowest BCUT2D eigenvalue weighted by molar-refractivity contribution is 0.667. The zero-order valence-electron chi connectivity index (χ0n) is 28.4. The molecule has 2 heterocycles. The maximum atomic E-state index is 2.45. The molecule has 11 rings (SSSR count). The van der Waals surface area contributed by atoms with Gasteiger partial charge >= 0.3 is 0 Å². The van der Waals surface area contributed by atoms with E-state index < -0.39 is 0 Å². The number of para-hydroxylation sites is 1. The molecule has 1 aromatic heterocycles. The fraction of sp³-hybridized carbons (Fsp3) is 0.0833. The van der Waals surface area contributed by atoms with E-state index in [9.17, 15) is 0 Å². The number of nitrogens with zero attached hydrogens (tertiary/aromatic N) is 1. The van der Waals surface area contributed by atoms with Gasteiger partial charge in [-0.25, -0.2) is 0 Å². The molecule has 0 fully saturated rings. The van der Waals surface area contributed by atoms with Crippen LogP contribution in [0, 0.1) is 0 Å². The highest BCUT2D eigenvalue weighted by atomic mass is 32.2. The van der Waals surface area contributed by atoms with Gasteiger partial charge in [-0.3, -0.25) is 0 Å². The Morgan fingerprint density at radius 2 is 1.04 bits per heavy atom. The Labute approximate surface area is 306 Å². The van der Waals surface area contributed by atoms with Gasteiger partial charge in [0.05, 0.1) is 5.41 Å². The van der Waals surface area contributed by atoms with Crippen LogP contribution in [0.25, 0.3) is 31.7 Å². The Hall–Kier alpha value is -5.35. The maximum Gasteiger partial charge on any atom is 0.0735 e. The Bertz CT molecular complexity index is 2670. The number of hydrogen-bond donors (Lipinski definition) is 0. The Morgan fingerprint density at radius 3 is 1.80 bits per heavy atom. The number of fused-ring (bicyclic) bond motifs is 14. The van der Waals surface area contributed by atoms with Crippen LogP contribution in [0.3, 0.4) is 0 Å². The molecular weight excluding hydrogens is 655 g/mol. The van der Waals surface area contributed by atoms with Crippen LogP contribution in [0.5, 0.6) is 0 Å². The molecule has 3 heteroatoms. The van der Waals surface area contributed by atoms with E-state index in [0.717, 1.165) is 11.4 Å². The number of rotatable bonds is 3. The van der Waals surface area contributed by atoms with Gasteiger partial charge in [-0.2, -0.15) is 0 Å². The maximum absolute atomic E-state index is 2.45. The van der Waals surface area contributed by atoms with Crippen LogP contribution in [0.4, 0.5) is 17.1 Å². The lowest BCUT2D eigenvalue weighted by Gasteiger charge is -2.40. The summed E-state index contributed by atoms with van der Waals surface area (Å²) in [5.74, 6) is 0. The molecule has 1 nitrogen and oxygen atoms in total. The summed E-state index contributed by atoms with van der Waals surface area (Å²) in [6.45, 7) is 4.78. The quantitative estimate of drug-likeness (QED) is 0.182. The average Bonchev–Trinajstić information content (AvgIpc) is 3.78. The fourth-order valence-corrected chi connectivity index (χ4v) is 12.0. The highest BCUT2D eigenvalue weighted by Gasteiger charge is 2.50. The lowest BCUT2D eigenvalue weighted by Crippen LogP contribution is -2.32. The summed E-state index contributed by atoms with van der Waals surface area (Å²) in [5.41, 5.74) is 15.4. The third kappa shape index (κ3) is 3.88. The van der Waals surface area contributed by atoms with Crippen molar-refractivity contribution in [3.05, 3.63) is 197 Å². The molecule has 242 valence electrons. The molecule has 0 amide bonds. The molecule has 0 saturated heterocycles.